The van der Waals surface area contributed by atoms with Crippen molar-refractivity contribution in [1.82, 2.24) is 5.32 Å². The predicted molar refractivity (Wildman–Crippen MR) is 178 cm³/mol. The van der Waals surface area contributed by atoms with Crippen molar-refractivity contribution < 1.29 is 42.9 Å². The molecule has 0 fully saturated rings. The highest BCUT2D eigenvalue weighted by Gasteiger charge is 2.30. The van der Waals surface area contributed by atoms with Gasteiger partial charge in [0.2, 0.25) is 5.91 Å². The van der Waals surface area contributed by atoms with E-state index in [9.17, 15) is 19.2 Å². The number of fused-ring (bicyclic) bond motifs is 3. The summed E-state index contributed by atoms with van der Waals surface area (Å²) in [5.41, 5.74) is 3.31. The van der Waals surface area contributed by atoms with Gasteiger partial charge in [-0.05, 0) is 76.6 Å². The van der Waals surface area contributed by atoms with E-state index in [4.69, 9.17) is 23.7 Å². The lowest BCUT2D eigenvalue weighted by atomic mass is 9.97. The Morgan fingerprint density at radius 1 is 0.702 bits per heavy atom. The van der Waals surface area contributed by atoms with Crippen molar-refractivity contribution in [2.45, 2.75) is 90.8 Å². The van der Waals surface area contributed by atoms with Crippen molar-refractivity contribution >= 4 is 23.8 Å². The van der Waals surface area contributed by atoms with Crippen LogP contribution in [0.4, 0.5) is 0 Å². The maximum Gasteiger partial charge on any atom is 0.306 e. The smallest absolute Gasteiger partial charge is 0.306 e. The van der Waals surface area contributed by atoms with E-state index in [0.717, 1.165) is 22.3 Å². The van der Waals surface area contributed by atoms with Crippen molar-refractivity contribution in [1.29, 1.82) is 0 Å². The summed E-state index contributed by atoms with van der Waals surface area (Å²) in [6, 6.07) is 16.2. The summed E-state index contributed by atoms with van der Waals surface area (Å²) in [5, 5.41) is 2.81. The number of amides is 1. The molecule has 47 heavy (non-hydrogen) atoms. The number of rotatable bonds is 18. The van der Waals surface area contributed by atoms with Crippen LogP contribution in [0.3, 0.4) is 0 Å². The maximum absolute atomic E-state index is 13.1. The van der Waals surface area contributed by atoms with Crippen LogP contribution in [0.5, 0.6) is 0 Å². The Kier molecular flexibility index (Phi) is 14.4. The molecule has 0 bridgehead atoms. The van der Waals surface area contributed by atoms with Gasteiger partial charge >= 0.3 is 17.9 Å². The SMILES string of the molecule is CC(C)(C)OC(=O)CCCOCCOCCNC(=O)[C@H](CCC(=O)OC(C)(C)C)CC(=O)OCC1c2ccccc2-c2ccccc21. The zero-order chi connectivity index (χ0) is 34.5. The number of carbonyl (C=O) groups is 4. The van der Waals surface area contributed by atoms with E-state index in [-0.39, 0.29) is 63.2 Å². The standard InChI is InChI=1S/C37H51NO9/c1-36(2,3)46-32(39)16-11-20-43-22-23-44-21-19-38-35(42)26(17-18-33(40)47-37(4,5)6)24-34(41)45-25-31-29-14-9-7-12-27(29)28-13-8-10-15-30(28)31/h7-10,12-15,26,31H,11,16-25H2,1-6H3,(H,38,42)/t26-/m1/s1. The summed E-state index contributed by atoms with van der Waals surface area (Å²) < 4.78 is 27.5. The van der Waals surface area contributed by atoms with Gasteiger partial charge in [0, 0.05) is 37.8 Å². The molecule has 0 saturated heterocycles. The van der Waals surface area contributed by atoms with Crippen molar-refractivity contribution in [3.05, 3.63) is 59.7 Å². The van der Waals surface area contributed by atoms with Gasteiger partial charge < -0.3 is 29.0 Å². The Hall–Kier alpha value is -3.76. The Balaban J connectivity index is 1.43. The highest BCUT2D eigenvalue weighted by molar-refractivity contribution is 5.84. The quantitative estimate of drug-likeness (QED) is 0.122. The molecular formula is C37H51NO9. The zero-order valence-electron chi connectivity index (χ0n) is 28.7. The topological polar surface area (TPSA) is 126 Å². The molecule has 1 aliphatic carbocycles. The molecule has 3 rings (SSSR count). The Labute approximate surface area is 278 Å². The number of benzene rings is 2. The molecule has 0 spiro atoms. The molecule has 2 aromatic carbocycles. The molecule has 2 aromatic rings. The fourth-order valence-corrected chi connectivity index (χ4v) is 5.31. The third-order valence-electron chi connectivity index (χ3n) is 7.28. The van der Waals surface area contributed by atoms with E-state index in [0.29, 0.717) is 26.2 Å². The van der Waals surface area contributed by atoms with Crippen LogP contribution in [0.15, 0.2) is 48.5 Å². The predicted octanol–water partition coefficient (Wildman–Crippen LogP) is 5.74. The van der Waals surface area contributed by atoms with Gasteiger partial charge in [0.1, 0.15) is 17.8 Å². The minimum absolute atomic E-state index is 0.00617. The average molecular weight is 654 g/mol. The molecule has 10 heteroatoms. The first-order valence-electron chi connectivity index (χ1n) is 16.4. The molecule has 1 amide bonds. The first kappa shape index (κ1) is 37.7. The molecule has 0 radical (unpaired) electrons. The largest absolute Gasteiger partial charge is 0.465 e. The Morgan fingerprint density at radius 2 is 1.23 bits per heavy atom. The van der Waals surface area contributed by atoms with Crippen molar-refractivity contribution in [2.24, 2.45) is 5.92 Å². The molecule has 0 aliphatic heterocycles. The number of carbonyl (C=O) groups excluding carboxylic acids is 4. The average Bonchev–Trinajstić information content (AvgIpc) is 3.30. The lowest BCUT2D eigenvalue weighted by molar-refractivity contribution is -0.156. The van der Waals surface area contributed by atoms with E-state index in [1.165, 1.54) is 0 Å². The maximum atomic E-state index is 13.1. The van der Waals surface area contributed by atoms with Gasteiger partial charge in [0.05, 0.1) is 26.2 Å². The first-order valence-corrected chi connectivity index (χ1v) is 16.4. The number of hydrogen-bond donors (Lipinski definition) is 1. The van der Waals surface area contributed by atoms with E-state index < -0.39 is 29.1 Å². The van der Waals surface area contributed by atoms with Gasteiger partial charge in [-0.15, -0.1) is 0 Å². The molecule has 0 saturated carbocycles. The second-order valence-electron chi connectivity index (χ2n) is 13.6. The fraction of sp³-hybridized carbons (Fsp3) is 0.568. The Bertz CT molecular complexity index is 1300. The van der Waals surface area contributed by atoms with E-state index in [1.807, 2.05) is 57.2 Å². The van der Waals surface area contributed by atoms with Crippen LogP contribution in [-0.4, -0.2) is 74.6 Å². The summed E-state index contributed by atoms with van der Waals surface area (Å²) in [6.45, 7) is 12.5. The zero-order valence-corrected chi connectivity index (χ0v) is 28.7. The van der Waals surface area contributed by atoms with Crippen LogP contribution in [0.1, 0.15) is 90.7 Å². The number of nitrogens with one attached hydrogen (secondary N) is 1. The van der Waals surface area contributed by atoms with Crippen LogP contribution in [-0.2, 0) is 42.9 Å². The van der Waals surface area contributed by atoms with Gasteiger partial charge in [0.15, 0.2) is 0 Å². The van der Waals surface area contributed by atoms with Gasteiger partial charge in [-0.1, -0.05) is 48.5 Å². The van der Waals surface area contributed by atoms with Crippen LogP contribution in [0.25, 0.3) is 11.1 Å². The van der Waals surface area contributed by atoms with Crippen LogP contribution in [0, 0.1) is 5.92 Å². The molecule has 258 valence electrons. The summed E-state index contributed by atoms with van der Waals surface area (Å²) in [4.78, 5) is 50.3. The second-order valence-corrected chi connectivity index (χ2v) is 13.6. The summed E-state index contributed by atoms with van der Waals surface area (Å²) in [6.07, 6.45) is 0.813. The third-order valence-corrected chi connectivity index (χ3v) is 7.28. The van der Waals surface area contributed by atoms with Crippen LogP contribution >= 0.6 is 0 Å². The minimum Gasteiger partial charge on any atom is -0.465 e. The number of ether oxygens (including phenoxy) is 5. The molecular weight excluding hydrogens is 602 g/mol. The van der Waals surface area contributed by atoms with E-state index in [2.05, 4.69) is 17.4 Å². The normalized spacial score (nSPS) is 13.3. The van der Waals surface area contributed by atoms with Gasteiger partial charge in [0.25, 0.3) is 0 Å². The van der Waals surface area contributed by atoms with Crippen LogP contribution < -0.4 is 5.32 Å². The van der Waals surface area contributed by atoms with Crippen molar-refractivity contribution in [3.8, 4) is 11.1 Å². The van der Waals surface area contributed by atoms with E-state index in [1.54, 1.807) is 20.8 Å². The fourth-order valence-electron chi connectivity index (χ4n) is 5.31. The third kappa shape index (κ3) is 13.5. The van der Waals surface area contributed by atoms with E-state index >= 15 is 0 Å². The highest BCUT2D eigenvalue weighted by Crippen LogP contribution is 2.44. The van der Waals surface area contributed by atoms with Crippen LogP contribution in [0.2, 0.25) is 0 Å². The lowest BCUT2D eigenvalue weighted by Crippen LogP contribution is -2.35. The number of esters is 3. The summed E-state index contributed by atoms with van der Waals surface area (Å²) >= 11 is 0. The number of hydrogen-bond acceptors (Lipinski definition) is 9. The molecule has 0 aromatic heterocycles. The van der Waals surface area contributed by atoms with Crippen molar-refractivity contribution in [3.63, 3.8) is 0 Å². The molecule has 0 heterocycles. The van der Waals surface area contributed by atoms with Crippen molar-refractivity contribution in [2.75, 3.05) is 39.6 Å². The Morgan fingerprint density at radius 3 is 1.81 bits per heavy atom. The second kappa shape index (κ2) is 18.0. The molecule has 10 nitrogen and oxygen atoms in total. The minimum atomic E-state index is -0.772. The van der Waals surface area contributed by atoms with Gasteiger partial charge in [-0.25, -0.2) is 0 Å². The summed E-state index contributed by atoms with van der Waals surface area (Å²) in [5.74, 6) is -2.41. The molecule has 1 N–H and O–H groups in total. The highest BCUT2D eigenvalue weighted by atomic mass is 16.6. The molecule has 0 unspecified atom stereocenters. The molecule has 1 atom stereocenters. The lowest BCUT2D eigenvalue weighted by Gasteiger charge is -2.21. The first-order chi connectivity index (χ1) is 22.2. The molecule has 1 aliphatic rings. The van der Waals surface area contributed by atoms with Gasteiger partial charge in [-0.3, -0.25) is 19.2 Å². The monoisotopic (exact) mass is 653 g/mol. The summed E-state index contributed by atoms with van der Waals surface area (Å²) in [7, 11) is 0. The van der Waals surface area contributed by atoms with Gasteiger partial charge in [-0.2, -0.15) is 0 Å².